The molecule has 0 unspecified atom stereocenters. The van der Waals surface area contributed by atoms with Gasteiger partial charge in [0.2, 0.25) is 0 Å². The van der Waals surface area contributed by atoms with Crippen molar-refractivity contribution < 1.29 is 14.3 Å². The highest BCUT2D eigenvalue weighted by atomic mass is 16.5. The average molecular weight is 243 g/mol. The van der Waals surface area contributed by atoms with Gasteiger partial charge in [0.1, 0.15) is 0 Å². The Balaban J connectivity index is 2.42. The van der Waals surface area contributed by atoms with Crippen LogP contribution in [0.5, 0.6) is 0 Å². The minimum atomic E-state index is -0.473. The summed E-state index contributed by atoms with van der Waals surface area (Å²) < 4.78 is 10.5. The molecule has 0 saturated carbocycles. The zero-order valence-corrected chi connectivity index (χ0v) is 11.6. The van der Waals surface area contributed by atoms with E-state index < -0.39 is 5.41 Å². The lowest BCUT2D eigenvalue weighted by Crippen LogP contribution is -2.46. The fraction of sp³-hybridized carbons (Fsp3) is 0.923. The largest absolute Gasteiger partial charge is 0.469 e. The van der Waals surface area contributed by atoms with Gasteiger partial charge in [-0.2, -0.15) is 0 Å². The Morgan fingerprint density at radius 1 is 1.35 bits per heavy atom. The van der Waals surface area contributed by atoms with Crippen molar-refractivity contribution >= 4 is 5.97 Å². The van der Waals surface area contributed by atoms with Crippen LogP contribution in [0, 0.1) is 5.41 Å². The molecule has 100 valence electrons. The molecule has 0 radical (unpaired) electrons. The highest BCUT2D eigenvalue weighted by Crippen LogP contribution is 2.21. The van der Waals surface area contributed by atoms with Crippen molar-refractivity contribution in [3.63, 3.8) is 0 Å². The molecule has 0 aliphatic carbocycles. The van der Waals surface area contributed by atoms with Crippen molar-refractivity contribution in [1.29, 1.82) is 0 Å². The zero-order valence-electron chi connectivity index (χ0n) is 11.6. The van der Waals surface area contributed by atoms with Gasteiger partial charge in [-0.3, -0.25) is 4.79 Å². The third kappa shape index (κ3) is 4.28. The number of hydrogen-bond acceptors (Lipinski definition) is 4. The monoisotopic (exact) mass is 243 g/mol. The van der Waals surface area contributed by atoms with Crippen LogP contribution in [0.4, 0.5) is 0 Å². The van der Waals surface area contributed by atoms with E-state index in [9.17, 15) is 4.79 Å². The lowest BCUT2D eigenvalue weighted by molar-refractivity contribution is -0.150. The van der Waals surface area contributed by atoms with Gasteiger partial charge in [0, 0.05) is 12.6 Å². The van der Waals surface area contributed by atoms with E-state index >= 15 is 0 Å². The van der Waals surface area contributed by atoms with Crippen molar-refractivity contribution in [1.82, 2.24) is 5.32 Å². The fourth-order valence-electron chi connectivity index (χ4n) is 2.32. The summed E-state index contributed by atoms with van der Waals surface area (Å²) in [6.45, 7) is 8.63. The van der Waals surface area contributed by atoms with E-state index in [0.717, 1.165) is 12.8 Å². The molecule has 1 heterocycles. The first kappa shape index (κ1) is 14.5. The summed E-state index contributed by atoms with van der Waals surface area (Å²) in [4.78, 5) is 11.5. The number of carbonyl (C=O) groups is 1. The lowest BCUT2D eigenvalue weighted by Gasteiger charge is -2.34. The maximum Gasteiger partial charge on any atom is 0.312 e. The van der Waals surface area contributed by atoms with Crippen molar-refractivity contribution in [2.24, 2.45) is 5.41 Å². The Hall–Kier alpha value is -0.610. The Morgan fingerprint density at radius 3 is 2.35 bits per heavy atom. The summed E-state index contributed by atoms with van der Waals surface area (Å²) in [5.74, 6) is -0.168. The molecule has 4 nitrogen and oxygen atoms in total. The topological polar surface area (TPSA) is 47.6 Å². The Kier molecular flexibility index (Phi) is 4.95. The Labute approximate surface area is 104 Å². The summed E-state index contributed by atoms with van der Waals surface area (Å²) in [7, 11) is 1.43. The minimum absolute atomic E-state index is 0.168. The molecule has 1 aliphatic rings. The van der Waals surface area contributed by atoms with Gasteiger partial charge in [0.25, 0.3) is 0 Å². The standard InChI is InChI=1S/C13H25NO3/c1-9-6-11(7-10(2)17-9)14-8-13(3,4)12(15)16-5/h9-11,14H,6-8H2,1-5H3/t9-,10-/m0/s1. The van der Waals surface area contributed by atoms with Gasteiger partial charge in [-0.15, -0.1) is 0 Å². The number of nitrogens with one attached hydrogen (secondary N) is 1. The first-order valence-electron chi connectivity index (χ1n) is 6.32. The molecule has 0 aromatic carbocycles. The van der Waals surface area contributed by atoms with Crippen molar-refractivity contribution in [3.8, 4) is 0 Å². The van der Waals surface area contributed by atoms with Crippen LogP contribution in [0.1, 0.15) is 40.5 Å². The molecule has 0 spiro atoms. The molecule has 2 atom stereocenters. The number of hydrogen-bond donors (Lipinski definition) is 1. The van der Waals surface area contributed by atoms with E-state index in [1.807, 2.05) is 13.8 Å². The molecule has 0 amide bonds. The smallest absolute Gasteiger partial charge is 0.312 e. The normalized spacial score (nSPS) is 30.1. The first-order chi connectivity index (χ1) is 7.85. The third-order valence-electron chi connectivity index (χ3n) is 3.27. The molecule has 1 fully saturated rings. The van der Waals surface area contributed by atoms with E-state index in [1.165, 1.54) is 7.11 Å². The summed E-state index contributed by atoms with van der Waals surface area (Å²) in [6.07, 6.45) is 2.58. The fourth-order valence-corrected chi connectivity index (χ4v) is 2.32. The van der Waals surface area contributed by atoms with E-state index in [0.29, 0.717) is 12.6 Å². The quantitative estimate of drug-likeness (QED) is 0.764. The van der Waals surface area contributed by atoms with Gasteiger partial charge in [-0.25, -0.2) is 0 Å². The van der Waals surface area contributed by atoms with Crippen molar-refractivity contribution in [3.05, 3.63) is 0 Å². The third-order valence-corrected chi connectivity index (χ3v) is 3.27. The lowest BCUT2D eigenvalue weighted by atomic mass is 9.92. The van der Waals surface area contributed by atoms with Gasteiger partial charge < -0.3 is 14.8 Å². The number of esters is 1. The minimum Gasteiger partial charge on any atom is -0.469 e. The van der Waals surface area contributed by atoms with Crippen LogP contribution in [0.15, 0.2) is 0 Å². The number of methoxy groups -OCH3 is 1. The number of ether oxygens (including phenoxy) is 2. The number of rotatable bonds is 4. The van der Waals surface area contributed by atoms with Crippen molar-refractivity contribution in [2.45, 2.75) is 58.8 Å². The summed E-state index contributed by atoms with van der Waals surface area (Å²) in [5, 5.41) is 3.46. The average Bonchev–Trinajstić information content (AvgIpc) is 2.24. The van der Waals surface area contributed by atoms with E-state index in [4.69, 9.17) is 9.47 Å². The van der Waals surface area contributed by atoms with Crippen LogP contribution in [0.2, 0.25) is 0 Å². The molecule has 0 bridgehead atoms. The molecule has 1 N–H and O–H groups in total. The second-order valence-corrected chi connectivity index (χ2v) is 5.68. The van der Waals surface area contributed by atoms with Gasteiger partial charge in [0.15, 0.2) is 0 Å². The van der Waals surface area contributed by atoms with E-state index in [-0.39, 0.29) is 18.2 Å². The predicted octanol–water partition coefficient (Wildman–Crippen LogP) is 1.73. The van der Waals surface area contributed by atoms with E-state index in [2.05, 4.69) is 19.2 Å². The summed E-state index contributed by atoms with van der Waals surface area (Å²) in [5.41, 5.74) is -0.473. The maximum atomic E-state index is 11.5. The molecule has 1 rings (SSSR count). The molecule has 0 aromatic rings. The van der Waals surface area contributed by atoms with Gasteiger partial charge in [-0.05, 0) is 40.5 Å². The second-order valence-electron chi connectivity index (χ2n) is 5.68. The molecule has 4 heteroatoms. The van der Waals surface area contributed by atoms with Gasteiger partial charge >= 0.3 is 5.97 Å². The summed E-state index contributed by atoms with van der Waals surface area (Å²) in [6, 6.07) is 0.428. The van der Waals surface area contributed by atoms with Crippen LogP contribution in [-0.2, 0) is 14.3 Å². The van der Waals surface area contributed by atoms with Crippen LogP contribution in [0.25, 0.3) is 0 Å². The van der Waals surface area contributed by atoms with Gasteiger partial charge in [0.05, 0.1) is 24.7 Å². The zero-order chi connectivity index (χ0) is 13.1. The first-order valence-corrected chi connectivity index (χ1v) is 6.32. The Bertz CT molecular complexity index is 255. The predicted molar refractivity (Wildman–Crippen MR) is 66.8 cm³/mol. The molecular weight excluding hydrogens is 218 g/mol. The molecule has 1 aliphatic heterocycles. The van der Waals surface area contributed by atoms with Crippen LogP contribution in [0.3, 0.4) is 0 Å². The van der Waals surface area contributed by atoms with Crippen LogP contribution >= 0.6 is 0 Å². The Morgan fingerprint density at radius 2 is 1.88 bits per heavy atom. The molecular formula is C13H25NO3. The molecule has 1 saturated heterocycles. The van der Waals surface area contributed by atoms with Gasteiger partial charge in [-0.1, -0.05) is 0 Å². The van der Waals surface area contributed by atoms with E-state index in [1.54, 1.807) is 0 Å². The highest BCUT2D eigenvalue weighted by molar-refractivity contribution is 5.76. The van der Waals surface area contributed by atoms with Crippen molar-refractivity contribution in [2.75, 3.05) is 13.7 Å². The molecule has 0 aromatic heterocycles. The summed E-state index contributed by atoms with van der Waals surface area (Å²) >= 11 is 0. The number of carbonyl (C=O) groups excluding carboxylic acids is 1. The second kappa shape index (κ2) is 5.83. The van der Waals surface area contributed by atoms with Crippen LogP contribution < -0.4 is 5.32 Å². The SMILES string of the molecule is COC(=O)C(C)(C)CNC1C[C@H](C)O[C@@H](C)C1. The maximum absolute atomic E-state index is 11.5. The molecule has 17 heavy (non-hydrogen) atoms. The van der Waals surface area contributed by atoms with Crippen LogP contribution in [-0.4, -0.2) is 37.9 Å². The highest BCUT2D eigenvalue weighted by Gasteiger charge is 2.31.